The molecule has 3 aliphatic heterocycles. The van der Waals surface area contributed by atoms with Gasteiger partial charge in [-0.05, 0) is 52.2 Å². The standard InChI is InChI=1S/C15H26N4O2/c1-15(12-5-4-6-16-11-12)13(20)19(14(21)17-15)10-9-18-7-2-3-8-18/h12,16H,2-11H2,1H3,(H,17,21). The third kappa shape index (κ3) is 2.79. The Morgan fingerprint density at radius 2 is 1.95 bits per heavy atom. The van der Waals surface area contributed by atoms with Gasteiger partial charge in [0.25, 0.3) is 5.91 Å². The minimum absolute atomic E-state index is 0.0413. The summed E-state index contributed by atoms with van der Waals surface area (Å²) in [6.45, 7) is 7.20. The Balaban J connectivity index is 1.63. The van der Waals surface area contributed by atoms with Gasteiger partial charge in [0.1, 0.15) is 5.54 Å². The fraction of sp³-hybridized carbons (Fsp3) is 0.867. The molecule has 0 aromatic carbocycles. The van der Waals surface area contributed by atoms with E-state index in [2.05, 4.69) is 15.5 Å². The first-order valence-corrected chi connectivity index (χ1v) is 8.18. The number of rotatable bonds is 4. The van der Waals surface area contributed by atoms with Crippen LogP contribution in [-0.4, -0.2) is 66.5 Å². The summed E-state index contributed by atoms with van der Waals surface area (Å²) in [4.78, 5) is 28.7. The average Bonchev–Trinajstić information content (AvgIpc) is 3.07. The lowest BCUT2D eigenvalue weighted by Gasteiger charge is -2.34. The molecule has 6 heteroatoms. The second-order valence-corrected chi connectivity index (χ2v) is 6.68. The molecule has 118 valence electrons. The smallest absolute Gasteiger partial charge is 0.323 e. The molecule has 3 heterocycles. The van der Waals surface area contributed by atoms with Crippen molar-refractivity contribution in [1.29, 1.82) is 0 Å². The molecule has 21 heavy (non-hydrogen) atoms. The van der Waals surface area contributed by atoms with Gasteiger partial charge >= 0.3 is 6.03 Å². The number of likely N-dealkylation sites (tertiary alicyclic amines) is 1. The quantitative estimate of drug-likeness (QED) is 0.736. The molecule has 2 unspecified atom stereocenters. The molecule has 3 amide bonds. The molecule has 0 bridgehead atoms. The number of amides is 3. The number of imide groups is 1. The molecule has 3 aliphatic rings. The van der Waals surface area contributed by atoms with Gasteiger partial charge in [0, 0.05) is 25.6 Å². The Labute approximate surface area is 126 Å². The molecule has 0 aromatic heterocycles. The van der Waals surface area contributed by atoms with E-state index in [-0.39, 0.29) is 17.9 Å². The first-order valence-electron chi connectivity index (χ1n) is 8.18. The molecule has 0 radical (unpaired) electrons. The van der Waals surface area contributed by atoms with Crippen molar-refractivity contribution in [3.05, 3.63) is 0 Å². The molecule has 0 aromatic rings. The highest BCUT2D eigenvalue weighted by molar-refractivity contribution is 6.07. The molecule has 2 atom stereocenters. The van der Waals surface area contributed by atoms with Crippen molar-refractivity contribution < 1.29 is 9.59 Å². The van der Waals surface area contributed by atoms with E-state index in [1.54, 1.807) is 0 Å². The van der Waals surface area contributed by atoms with Crippen molar-refractivity contribution in [3.63, 3.8) is 0 Å². The summed E-state index contributed by atoms with van der Waals surface area (Å²) in [5, 5.41) is 6.29. The van der Waals surface area contributed by atoms with Gasteiger partial charge in [0.15, 0.2) is 0 Å². The van der Waals surface area contributed by atoms with Gasteiger partial charge in [0.2, 0.25) is 0 Å². The molecular weight excluding hydrogens is 268 g/mol. The highest BCUT2D eigenvalue weighted by atomic mass is 16.2. The molecule has 3 fully saturated rings. The number of piperidine rings is 1. The van der Waals surface area contributed by atoms with Crippen LogP contribution in [-0.2, 0) is 4.79 Å². The summed E-state index contributed by atoms with van der Waals surface area (Å²) in [6.07, 6.45) is 4.52. The molecular formula is C15H26N4O2. The zero-order chi connectivity index (χ0) is 14.9. The van der Waals surface area contributed by atoms with Crippen LogP contribution in [0.15, 0.2) is 0 Å². The number of hydrogen-bond donors (Lipinski definition) is 2. The highest BCUT2D eigenvalue weighted by Crippen LogP contribution is 2.30. The summed E-state index contributed by atoms with van der Waals surface area (Å²) in [6, 6.07) is -0.215. The molecule has 0 aliphatic carbocycles. The maximum Gasteiger partial charge on any atom is 0.325 e. The fourth-order valence-corrected chi connectivity index (χ4v) is 3.79. The zero-order valence-corrected chi connectivity index (χ0v) is 12.9. The zero-order valence-electron chi connectivity index (χ0n) is 12.9. The van der Waals surface area contributed by atoms with Crippen molar-refractivity contribution in [2.24, 2.45) is 5.92 Å². The Morgan fingerprint density at radius 1 is 1.19 bits per heavy atom. The number of hydrogen-bond acceptors (Lipinski definition) is 4. The van der Waals surface area contributed by atoms with Gasteiger partial charge in [-0.25, -0.2) is 4.79 Å². The van der Waals surface area contributed by atoms with E-state index in [0.717, 1.165) is 45.6 Å². The van der Waals surface area contributed by atoms with Crippen LogP contribution in [0.2, 0.25) is 0 Å². The Bertz CT molecular complexity index is 416. The molecule has 2 N–H and O–H groups in total. The fourth-order valence-electron chi connectivity index (χ4n) is 3.79. The van der Waals surface area contributed by atoms with Crippen LogP contribution >= 0.6 is 0 Å². The summed E-state index contributed by atoms with van der Waals surface area (Å²) in [5.74, 6) is 0.153. The maximum atomic E-state index is 12.7. The molecule has 3 saturated heterocycles. The predicted molar refractivity (Wildman–Crippen MR) is 79.9 cm³/mol. The Kier molecular flexibility index (Phi) is 4.17. The van der Waals surface area contributed by atoms with Crippen LogP contribution in [0.25, 0.3) is 0 Å². The predicted octanol–water partition coefficient (Wildman–Crippen LogP) is 0.392. The summed E-state index contributed by atoms with van der Waals surface area (Å²) < 4.78 is 0. The number of nitrogens with one attached hydrogen (secondary N) is 2. The Morgan fingerprint density at radius 3 is 2.62 bits per heavy atom. The van der Waals surface area contributed by atoms with Crippen LogP contribution in [0.5, 0.6) is 0 Å². The van der Waals surface area contributed by atoms with E-state index < -0.39 is 5.54 Å². The third-order valence-electron chi connectivity index (χ3n) is 5.25. The van der Waals surface area contributed by atoms with Crippen LogP contribution in [0.4, 0.5) is 4.79 Å². The van der Waals surface area contributed by atoms with Gasteiger partial charge in [-0.1, -0.05) is 0 Å². The second-order valence-electron chi connectivity index (χ2n) is 6.68. The number of carbonyl (C=O) groups is 2. The normalized spacial score (nSPS) is 34.5. The second kappa shape index (κ2) is 5.93. The van der Waals surface area contributed by atoms with Gasteiger partial charge in [-0.2, -0.15) is 0 Å². The van der Waals surface area contributed by atoms with E-state index in [0.29, 0.717) is 6.54 Å². The number of carbonyl (C=O) groups excluding carboxylic acids is 2. The first-order chi connectivity index (χ1) is 10.1. The highest BCUT2D eigenvalue weighted by Gasteiger charge is 2.52. The number of urea groups is 1. The van der Waals surface area contributed by atoms with E-state index >= 15 is 0 Å². The lowest BCUT2D eigenvalue weighted by molar-refractivity contribution is -0.133. The number of nitrogens with zero attached hydrogens (tertiary/aromatic N) is 2. The van der Waals surface area contributed by atoms with Gasteiger partial charge in [0.05, 0.1) is 0 Å². The van der Waals surface area contributed by atoms with Gasteiger partial charge in [-0.15, -0.1) is 0 Å². The topological polar surface area (TPSA) is 64.7 Å². The summed E-state index contributed by atoms with van der Waals surface area (Å²) in [7, 11) is 0. The largest absolute Gasteiger partial charge is 0.325 e. The van der Waals surface area contributed by atoms with Crippen LogP contribution in [0.3, 0.4) is 0 Å². The average molecular weight is 294 g/mol. The van der Waals surface area contributed by atoms with Crippen molar-refractivity contribution in [1.82, 2.24) is 20.4 Å². The monoisotopic (exact) mass is 294 g/mol. The van der Waals surface area contributed by atoms with Gasteiger partial charge < -0.3 is 15.5 Å². The third-order valence-corrected chi connectivity index (χ3v) is 5.25. The first kappa shape index (κ1) is 14.8. The van der Waals surface area contributed by atoms with E-state index in [1.165, 1.54) is 17.7 Å². The molecule has 0 saturated carbocycles. The van der Waals surface area contributed by atoms with Crippen molar-refractivity contribution in [3.8, 4) is 0 Å². The molecule has 0 spiro atoms. The van der Waals surface area contributed by atoms with Crippen molar-refractivity contribution in [2.75, 3.05) is 39.3 Å². The molecule has 6 nitrogen and oxygen atoms in total. The Hall–Kier alpha value is -1.14. The van der Waals surface area contributed by atoms with Crippen LogP contribution in [0.1, 0.15) is 32.6 Å². The lowest BCUT2D eigenvalue weighted by atomic mass is 9.80. The molecule has 3 rings (SSSR count). The van der Waals surface area contributed by atoms with E-state index in [4.69, 9.17) is 0 Å². The van der Waals surface area contributed by atoms with Crippen LogP contribution < -0.4 is 10.6 Å². The van der Waals surface area contributed by atoms with Crippen molar-refractivity contribution in [2.45, 2.75) is 38.1 Å². The van der Waals surface area contributed by atoms with E-state index in [1.807, 2.05) is 6.92 Å². The summed E-state index contributed by atoms with van der Waals surface area (Å²) >= 11 is 0. The minimum Gasteiger partial charge on any atom is -0.323 e. The minimum atomic E-state index is -0.727. The van der Waals surface area contributed by atoms with Crippen molar-refractivity contribution >= 4 is 11.9 Å². The van der Waals surface area contributed by atoms with Gasteiger partial charge in [-0.3, -0.25) is 9.69 Å². The SMILES string of the molecule is CC1(C2CCCNC2)NC(=O)N(CCN2CCCC2)C1=O. The van der Waals surface area contributed by atoms with Crippen LogP contribution in [0, 0.1) is 5.92 Å². The summed E-state index contributed by atoms with van der Waals surface area (Å²) in [5.41, 5.74) is -0.727. The lowest BCUT2D eigenvalue weighted by Crippen LogP contribution is -2.55. The van der Waals surface area contributed by atoms with E-state index in [9.17, 15) is 9.59 Å². The maximum absolute atomic E-state index is 12.7.